The third-order valence-corrected chi connectivity index (χ3v) is 4.22. The summed E-state index contributed by atoms with van der Waals surface area (Å²) in [5, 5.41) is 5.04. The molecule has 0 aliphatic heterocycles. The van der Waals surface area contributed by atoms with Gasteiger partial charge in [-0.1, -0.05) is 35.9 Å². The summed E-state index contributed by atoms with van der Waals surface area (Å²) in [6.45, 7) is 0. The molecule has 0 spiro atoms. The molecule has 0 saturated carbocycles. The third kappa shape index (κ3) is 2.60. The van der Waals surface area contributed by atoms with Gasteiger partial charge in [0.15, 0.2) is 5.78 Å². The molecule has 0 amide bonds. The van der Waals surface area contributed by atoms with Crippen LogP contribution < -0.4 is 0 Å². The van der Waals surface area contributed by atoms with Crippen molar-refractivity contribution in [3.05, 3.63) is 88.2 Å². The highest BCUT2D eigenvalue weighted by molar-refractivity contribution is 6.30. The highest BCUT2D eigenvalue weighted by atomic mass is 35.5. The summed E-state index contributed by atoms with van der Waals surface area (Å²) in [6.07, 6.45) is 6.27. The molecule has 0 atom stereocenters. The predicted molar refractivity (Wildman–Crippen MR) is 91.0 cm³/mol. The highest BCUT2D eigenvalue weighted by Gasteiger charge is 2.23. The summed E-state index contributed by atoms with van der Waals surface area (Å²) < 4.78 is 1.77. The van der Waals surface area contributed by atoms with Crippen LogP contribution in [0.3, 0.4) is 0 Å². The van der Waals surface area contributed by atoms with E-state index in [0.29, 0.717) is 11.4 Å². The molecule has 1 aromatic heterocycles. The molecule has 112 valence electrons. The monoisotopic (exact) mass is 320 g/mol. The normalized spacial score (nSPS) is 15.2. The molecule has 4 rings (SSSR count). The van der Waals surface area contributed by atoms with Gasteiger partial charge in [-0.25, -0.2) is 4.68 Å². The topological polar surface area (TPSA) is 34.9 Å². The minimum atomic E-state index is 0.111. The lowest BCUT2D eigenvalue weighted by atomic mass is 10.1. The zero-order valence-corrected chi connectivity index (χ0v) is 13.0. The predicted octanol–water partition coefficient (Wildman–Crippen LogP) is 4.35. The Morgan fingerprint density at radius 2 is 1.87 bits per heavy atom. The average molecular weight is 321 g/mol. The minimum absolute atomic E-state index is 0.111. The number of fused-ring (bicyclic) bond motifs is 1. The van der Waals surface area contributed by atoms with Crippen molar-refractivity contribution in [3.8, 4) is 5.69 Å². The molecule has 1 aliphatic carbocycles. The van der Waals surface area contributed by atoms with Gasteiger partial charge in [-0.3, -0.25) is 4.79 Å². The maximum atomic E-state index is 12.4. The molecule has 23 heavy (non-hydrogen) atoms. The first kappa shape index (κ1) is 14.0. The van der Waals surface area contributed by atoms with Crippen molar-refractivity contribution in [1.82, 2.24) is 9.78 Å². The van der Waals surface area contributed by atoms with E-state index < -0.39 is 0 Å². The molecule has 3 nitrogen and oxygen atoms in total. The largest absolute Gasteiger partial charge is 0.289 e. The summed E-state index contributed by atoms with van der Waals surface area (Å²) in [4.78, 5) is 12.4. The van der Waals surface area contributed by atoms with Crippen LogP contribution in [-0.4, -0.2) is 15.6 Å². The molecule has 0 saturated heterocycles. The molecule has 0 fully saturated rings. The number of carbonyl (C=O) groups is 1. The summed E-state index contributed by atoms with van der Waals surface area (Å²) in [5.74, 6) is 0.111. The quantitative estimate of drug-likeness (QED) is 0.658. The maximum Gasteiger partial charge on any atom is 0.189 e. The Morgan fingerprint density at radius 1 is 1.09 bits per heavy atom. The number of benzene rings is 2. The zero-order chi connectivity index (χ0) is 15.8. The van der Waals surface area contributed by atoms with E-state index >= 15 is 0 Å². The number of carbonyl (C=O) groups excluding carboxylic acids is 1. The molecular formula is C19H13ClN2O. The lowest BCUT2D eigenvalue weighted by Crippen LogP contribution is -1.95. The molecular weight excluding hydrogens is 308 g/mol. The van der Waals surface area contributed by atoms with Crippen molar-refractivity contribution >= 4 is 23.5 Å². The second-order valence-corrected chi connectivity index (χ2v) is 5.96. The third-order valence-electron chi connectivity index (χ3n) is 3.97. The first-order valence-electron chi connectivity index (χ1n) is 7.34. The Kier molecular flexibility index (Phi) is 3.36. The summed E-state index contributed by atoms with van der Waals surface area (Å²) in [7, 11) is 0. The standard InChI is InChI=1S/C19H13ClN2O/c20-16-5-7-17(8-6-16)22-12-13(11-21-22)9-15-10-14-3-1-2-4-18(14)19(15)23/h1-9,11-12H,10H2/b15-9+. The SMILES string of the molecule is O=C1/C(=C/c2cnn(-c3ccc(Cl)cc3)c2)Cc2ccccc21. The van der Waals surface area contributed by atoms with Crippen LogP contribution in [0, 0.1) is 0 Å². The molecule has 1 heterocycles. The Hall–Kier alpha value is -2.65. The van der Waals surface area contributed by atoms with Gasteiger partial charge in [0, 0.05) is 34.3 Å². The smallest absolute Gasteiger partial charge is 0.189 e. The number of Topliss-reactive ketones (excluding diaryl/α,β-unsaturated/α-hetero) is 1. The first-order chi connectivity index (χ1) is 11.2. The van der Waals surface area contributed by atoms with Gasteiger partial charge in [0.2, 0.25) is 0 Å². The van der Waals surface area contributed by atoms with Gasteiger partial charge in [-0.05, 0) is 35.9 Å². The molecule has 0 radical (unpaired) electrons. The summed E-state index contributed by atoms with van der Waals surface area (Å²) in [6, 6.07) is 15.2. The number of allylic oxidation sites excluding steroid dienone is 1. The van der Waals surface area contributed by atoms with Crippen LogP contribution in [0.5, 0.6) is 0 Å². The van der Waals surface area contributed by atoms with Crippen LogP contribution >= 0.6 is 11.6 Å². The van der Waals surface area contributed by atoms with E-state index in [0.717, 1.165) is 28.0 Å². The van der Waals surface area contributed by atoms with E-state index in [1.807, 2.05) is 60.8 Å². The second-order valence-electron chi connectivity index (χ2n) is 5.53. The Bertz CT molecular complexity index is 923. The van der Waals surface area contributed by atoms with Gasteiger partial charge < -0.3 is 0 Å². The van der Waals surface area contributed by atoms with Crippen molar-refractivity contribution in [1.29, 1.82) is 0 Å². The lowest BCUT2D eigenvalue weighted by molar-refractivity contribution is 0.104. The Morgan fingerprint density at radius 3 is 2.65 bits per heavy atom. The van der Waals surface area contributed by atoms with Crippen LogP contribution in [0.4, 0.5) is 0 Å². The number of halogens is 1. The van der Waals surface area contributed by atoms with Gasteiger partial charge in [0.1, 0.15) is 0 Å². The van der Waals surface area contributed by atoms with Crippen molar-refractivity contribution < 1.29 is 4.79 Å². The molecule has 0 bridgehead atoms. The van der Waals surface area contributed by atoms with Crippen molar-refractivity contribution in [2.45, 2.75) is 6.42 Å². The number of rotatable bonds is 2. The van der Waals surface area contributed by atoms with Crippen molar-refractivity contribution in [2.75, 3.05) is 0 Å². The molecule has 1 aliphatic rings. The van der Waals surface area contributed by atoms with Gasteiger partial charge in [-0.2, -0.15) is 5.10 Å². The van der Waals surface area contributed by atoms with Crippen LogP contribution in [0.2, 0.25) is 5.02 Å². The van der Waals surface area contributed by atoms with E-state index in [4.69, 9.17) is 11.6 Å². The number of nitrogens with zero attached hydrogens (tertiary/aromatic N) is 2. The van der Waals surface area contributed by atoms with Crippen molar-refractivity contribution in [2.24, 2.45) is 0 Å². The Labute approximate surface area is 138 Å². The molecule has 0 N–H and O–H groups in total. The first-order valence-corrected chi connectivity index (χ1v) is 7.72. The van der Waals surface area contributed by atoms with Gasteiger partial charge in [0.25, 0.3) is 0 Å². The highest BCUT2D eigenvalue weighted by Crippen LogP contribution is 2.27. The average Bonchev–Trinajstić information content (AvgIpc) is 3.15. The molecule has 0 unspecified atom stereocenters. The maximum absolute atomic E-state index is 12.4. The number of hydrogen-bond acceptors (Lipinski definition) is 2. The van der Waals surface area contributed by atoms with Crippen LogP contribution in [0.25, 0.3) is 11.8 Å². The number of aromatic nitrogens is 2. The summed E-state index contributed by atoms with van der Waals surface area (Å²) in [5.41, 5.74) is 4.55. The zero-order valence-electron chi connectivity index (χ0n) is 12.2. The van der Waals surface area contributed by atoms with Crippen molar-refractivity contribution in [3.63, 3.8) is 0 Å². The number of ketones is 1. The number of hydrogen-bond donors (Lipinski definition) is 0. The molecule has 2 aromatic carbocycles. The Balaban J connectivity index is 1.64. The van der Waals surface area contributed by atoms with Crippen LogP contribution in [0.15, 0.2) is 66.5 Å². The van der Waals surface area contributed by atoms with Crippen LogP contribution in [0.1, 0.15) is 21.5 Å². The fourth-order valence-corrected chi connectivity index (χ4v) is 2.94. The lowest BCUT2D eigenvalue weighted by Gasteiger charge is -2.00. The fourth-order valence-electron chi connectivity index (χ4n) is 2.82. The van der Waals surface area contributed by atoms with Gasteiger partial charge in [-0.15, -0.1) is 0 Å². The van der Waals surface area contributed by atoms with Crippen LogP contribution in [-0.2, 0) is 6.42 Å². The minimum Gasteiger partial charge on any atom is -0.289 e. The van der Waals surface area contributed by atoms with E-state index in [1.54, 1.807) is 10.9 Å². The molecule has 3 aromatic rings. The fraction of sp³-hybridized carbons (Fsp3) is 0.0526. The molecule has 4 heteroatoms. The summed E-state index contributed by atoms with van der Waals surface area (Å²) >= 11 is 5.90. The van der Waals surface area contributed by atoms with Gasteiger partial charge in [0.05, 0.1) is 11.9 Å². The second kappa shape index (κ2) is 5.52. The van der Waals surface area contributed by atoms with E-state index in [-0.39, 0.29) is 5.78 Å². The van der Waals surface area contributed by atoms with E-state index in [1.165, 1.54) is 0 Å². The van der Waals surface area contributed by atoms with E-state index in [9.17, 15) is 4.79 Å². The van der Waals surface area contributed by atoms with E-state index in [2.05, 4.69) is 5.10 Å². The van der Waals surface area contributed by atoms with Gasteiger partial charge >= 0.3 is 0 Å².